The highest BCUT2D eigenvalue weighted by Crippen LogP contribution is 2.26. The van der Waals surface area contributed by atoms with Gasteiger partial charge in [-0.05, 0) is 61.6 Å². The van der Waals surface area contributed by atoms with Crippen molar-refractivity contribution in [2.75, 3.05) is 19.7 Å². The van der Waals surface area contributed by atoms with E-state index in [1.165, 1.54) is 5.56 Å². The normalized spacial score (nSPS) is 20.5. The van der Waals surface area contributed by atoms with Crippen molar-refractivity contribution in [3.05, 3.63) is 29.3 Å². The second-order valence-electron chi connectivity index (χ2n) is 8.94. The van der Waals surface area contributed by atoms with Crippen LogP contribution in [0.25, 0.3) is 0 Å². The summed E-state index contributed by atoms with van der Waals surface area (Å²) >= 11 is 0. The lowest BCUT2D eigenvalue weighted by molar-refractivity contribution is -0.134. The zero-order valence-electron chi connectivity index (χ0n) is 18.5. The summed E-state index contributed by atoms with van der Waals surface area (Å²) in [7, 11) is 0. The van der Waals surface area contributed by atoms with Crippen molar-refractivity contribution >= 4 is 23.4 Å². The number of rotatable bonds is 7. The number of benzene rings is 1. The molecule has 0 bridgehead atoms. The number of hydrogen-bond acceptors (Lipinski definition) is 5. The van der Waals surface area contributed by atoms with Crippen LogP contribution >= 0.6 is 0 Å². The monoisotopic (exact) mass is 440 g/mol. The predicted molar refractivity (Wildman–Crippen MR) is 120 cm³/mol. The van der Waals surface area contributed by atoms with Gasteiger partial charge in [-0.3, -0.25) is 14.4 Å². The predicted octanol–water partition coefficient (Wildman–Crippen LogP) is 2.30. The Kier molecular flexibility index (Phi) is 7.39. The van der Waals surface area contributed by atoms with Crippen LogP contribution in [0.2, 0.25) is 0 Å². The van der Waals surface area contributed by atoms with Gasteiger partial charge in [0.1, 0.15) is 5.75 Å². The summed E-state index contributed by atoms with van der Waals surface area (Å²) in [5.41, 5.74) is 5.65. The SMILES string of the molecule is O=C(C[C@@H]1CCCN(C(=O)CCC2=NNC(=O)CC2)C1)NCc1ccc2c(c1)CCCO2. The molecule has 1 aromatic carbocycles. The molecule has 1 saturated heterocycles. The molecule has 3 aliphatic heterocycles. The number of aryl methyl sites for hydroxylation is 1. The molecule has 0 unspecified atom stereocenters. The van der Waals surface area contributed by atoms with Gasteiger partial charge in [0.2, 0.25) is 17.7 Å². The highest BCUT2D eigenvalue weighted by atomic mass is 16.5. The van der Waals surface area contributed by atoms with Crippen LogP contribution in [0.15, 0.2) is 23.3 Å². The minimum atomic E-state index is -0.0714. The number of amides is 3. The van der Waals surface area contributed by atoms with E-state index in [0.29, 0.717) is 45.2 Å². The minimum Gasteiger partial charge on any atom is -0.493 e. The molecule has 8 nitrogen and oxygen atoms in total. The third-order valence-corrected chi connectivity index (χ3v) is 6.42. The van der Waals surface area contributed by atoms with Crippen LogP contribution in [-0.4, -0.2) is 48.0 Å². The molecule has 32 heavy (non-hydrogen) atoms. The summed E-state index contributed by atoms with van der Waals surface area (Å²) in [4.78, 5) is 38.2. The van der Waals surface area contributed by atoms with Crippen molar-refractivity contribution in [3.8, 4) is 5.75 Å². The summed E-state index contributed by atoms with van der Waals surface area (Å²) in [6.07, 6.45) is 6.41. The van der Waals surface area contributed by atoms with E-state index in [9.17, 15) is 14.4 Å². The molecule has 172 valence electrons. The van der Waals surface area contributed by atoms with E-state index < -0.39 is 0 Å². The molecule has 0 radical (unpaired) electrons. The second-order valence-corrected chi connectivity index (χ2v) is 8.94. The largest absolute Gasteiger partial charge is 0.493 e. The van der Waals surface area contributed by atoms with E-state index in [1.54, 1.807) is 0 Å². The number of hydrogen-bond donors (Lipinski definition) is 2. The molecule has 0 aliphatic carbocycles. The highest BCUT2D eigenvalue weighted by molar-refractivity contribution is 5.94. The van der Waals surface area contributed by atoms with Gasteiger partial charge in [0.05, 0.1) is 6.61 Å². The molecule has 1 atom stereocenters. The maximum atomic E-state index is 12.6. The summed E-state index contributed by atoms with van der Waals surface area (Å²) in [5.74, 6) is 1.21. The number of nitrogens with one attached hydrogen (secondary N) is 2. The Morgan fingerprint density at radius 2 is 2.12 bits per heavy atom. The first-order chi connectivity index (χ1) is 15.6. The molecule has 3 amide bonds. The van der Waals surface area contributed by atoms with Crippen LogP contribution in [0.5, 0.6) is 5.75 Å². The van der Waals surface area contributed by atoms with Crippen molar-refractivity contribution in [3.63, 3.8) is 0 Å². The van der Waals surface area contributed by atoms with Crippen molar-refractivity contribution < 1.29 is 19.1 Å². The zero-order valence-corrected chi connectivity index (χ0v) is 18.5. The number of fused-ring (bicyclic) bond motifs is 1. The van der Waals surface area contributed by atoms with Crippen LogP contribution in [0.3, 0.4) is 0 Å². The van der Waals surface area contributed by atoms with Crippen molar-refractivity contribution in [2.24, 2.45) is 11.0 Å². The van der Waals surface area contributed by atoms with Crippen molar-refractivity contribution in [2.45, 2.75) is 64.3 Å². The first-order valence-corrected chi connectivity index (χ1v) is 11.7. The fourth-order valence-electron chi connectivity index (χ4n) is 4.62. The Bertz CT molecular complexity index is 898. The number of hydrazone groups is 1. The third kappa shape index (κ3) is 6.08. The Labute approximate surface area is 188 Å². The van der Waals surface area contributed by atoms with Gasteiger partial charge in [-0.25, -0.2) is 5.43 Å². The minimum absolute atomic E-state index is 0.0329. The number of carbonyl (C=O) groups is 3. The lowest BCUT2D eigenvalue weighted by atomic mass is 9.94. The van der Waals surface area contributed by atoms with E-state index >= 15 is 0 Å². The van der Waals surface area contributed by atoms with Crippen LogP contribution < -0.4 is 15.5 Å². The van der Waals surface area contributed by atoms with Gasteiger partial charge in [0.25, 0.3) is 0 Å². The average Bonchev–Trinajstić information content (AvgIpc) is 2.82. The average molecular weight is 441 g/mol. The maximum Gasteiger partial charge on any atom is 0.240 e. The van der Waals surface area contributed by atoms with Gasteiger partial charge in [0, 0.05) is 44.6 Å². The molecule has 0 saturated carbocycles. The van der Waals surface area contributed by atoms with Gasteiger partial charge in [-0.15, -0.1) is 0 Å². The first kappa shape index (κ1) is 22.3. The lowest BCUT2D eigenvalue weighted by Crippen LogP contribution is -2.41. The van der Waals surface area contributed by atoms with Crippen LogP contribution in [0.4, 0.5) is 0 Å². The Morgan fingerprint density at radius 3 is 2.97 bits per heavy atom. The molecule has 8 heteroatoms. The van der Waals surface area contributed by atoms with Gasteiger partial charge in [-0.1, -0.05) is 12.1 Å². The van der Waals surface area contributed by atoms with E-state index in [4.69, 9.17) is 4.74 Å². The van der Waals surface area contributed by atoms with Gasteiger partial charge in [0.15, 0.2) is 0 Å². The maximum absolute atomic E-state index is 12.6. The number of ether oxygens (including phenoxy) is 1. The van der Waals surface area contributed by atoms with E-state index in [0.717, 1.165) is 55.9 Å². The van der Waals surface area contributed by atoms with Crippen LogP contribution in [0.1, 0.15) is 62.5 Å². The van der Waals surface area contributed by atoms with Gasteiger partial charge >= 0.3 is 0 Å². The Morgan fingerprint density at radius 1 is 1.22 bits per heavy atom. The fourth-order valence-corrected chi connectivity index (χ4v) is 4.62. The molecule has 1 fully saturated rings. The topological polar surface area (TPSA) is 100 Å². The summed E-state index contributed by atoms with van der Waals surface area (Å²) in [5, 5.41) is 7.07. The number of nitrogens with zero attached hydrogens (tertiary/aromatic N) is 2. The smallest absolute Gasteiger partial charge is 0.240 e. The summed E-state index contributed by atoms with van der Waals surface area (Å²) in [6, 6.07) is 6.12. The molecule has 0 aromatic heterocycles. The first-order valence-electron chi connectivity index (χ1n) is 11.7. The Hall–Kier alpha value is -2.90. The summed E-state index contributed by atoms with van der Waals surface area (Å²) in [6.45, 7) is 2.67. The molecule has 1 aromatic rings. The molecule has 0 spiro atoms. The van der Waals surface area contributed by atoms with Crippen molar-refractivity contribution in [1.82, 2.24) is 15.6 Å². The lowest BCUT2D eigenvalue weighted by Gasteiger charge is -2.32. The Balaban J connectivity index is 1.20. The number of piperidine rings is 1. The second kappa shape index (κ2) is 10.6. The standard InChI is InChI=1S/C24H32N4O4/c29-22-9-6-20(26-27-22)7-10-24(31)28-11-1-3-18(16-28)14-23(30)25-15-17-5-8-21-19(13-17)4-2-12-32-21/h5,8,13,18H,1-4,6-7,9-12,14-16H2,(H,25,30)(H,27,29)/t18-/m0/s1. The quantitative estimate of drug-likeness (QED) is 0.679. The number of carbonyl (C=O) groups excluding carboxylic acids is 3. The number of likely N-dealkylation sites (tertiary alicyclic amines) is 1. The van der Waals surface area contributed by atoms with Crippen molar-refractivity contribution in [1.29, 1.82) is 0 Å². The van der Waals surface area contributed by atoms with E-state index in [2.05, 4.69) is 21.9 Å². The molecular weight excluding hydrogens is 408 g/mol. The molecule has 3 aliphatic rings. The van der Waals surface area contributed by atoms with E-state index in [1.807, 2.05) is 17.0 Å². The molecule has 4 rings (SSSR count). The van der Waals surface area contributed by atoms with Gasteiger partial charge in [-0.2, -0.15) is 5.10 Å². The molecule has 2 N–H and O–H groups in total. The zero-order chi connectivity index (χ0) is 22.3. The summed E-state index contributed by atoms with van der Waals surface area (Å²) < 4.78 is 5.65. The van der Waals surface area contributed by atoms with Gasteiger partial charge < -0.3 is 15.0 Å². The van der Waals surface area contributed by atoms with Crippen LogP contribution in [0, 0.1) is 5.92 Å². The molecular formula is C24H32N4O4. The fraction of sp³-hybridized carbons (Fsp3) is 0.583. The van der Waals surface area contributed by atoms with E-state index in [-0.39, 0.29) is 23.6 Å². The third-order valence-electron chi connectivity index (χ3n) is 6.42. The van der Waals surface area contributed by atoms with Crippen LogP contribution in [-0.2, 0) is 27.3 Å². The highest BCUT2D eigenvalue weighted by Gasteiger charge is 2.25. The molecule has 3 heterocycles.